The highest BCUT2D eigenvalue weighted by Gasteiger charge is 2.13. The number of halogens is 1. The van der Waals surface area contributed by atoms with E-state index in [0.29, 0.717) is 16.5 Å². The Kier molecular flexibility index (Phi) is 4.72. The molecule has 0 aliphatic carbocycles. The van der Waals surface area contributed by atoms with Gasteiger partial charge in [-0.3, -0.25) is 0 Å². The van der Waals surface area contributed by atoms with E-state index in [1.165, 1.54) is 12.1 Å². The Morgan fingerprint density at radius 1 is 0.857 bits per heavy atom. The fourth-order valence-corrected chi connectivity index (χ4v) is 3.59. The zero-order valence-electron chi connectivity index (χ0n) is 14.5. The van der Waals surface area contributed by atoms with Crippen molar-refractivity contribution in [2.24, 2.45) is 5.14 Å². The molecular weight excluding hydrogens is 396 g/mol. The lowest BCUT2D eigenvalue weighted by Crippen LogP contribution is -2.12. The van der Waals surface area contributed by atoms with E-state index >= 15 is 0 Å². The van der Waals surface area contributed by atoms with E-state index in [2.05, 4.69) is 15.5 Å². The maximum absolute atomic E-state index is 11.6. The molecule has 1 heterocycles. The summed E-state index contributed by atoms with van der Waals surface area (Å²) in [6.07, 6.45) is 0. The number of benzene rings is 3. The summed E-state index contributed by atoms with van der Waals surface area (Å²) < 4.78 is 23.2. The third-order valence-electron chi connectivity index (χ3n) is 4.23. The zero-order valence-corrected chi connectivity index (χ0v) is 16.1. The van der Waals surface area contributed by atoms with E-state index in [4.69, 9.17) is 16.7 Å². The minimum Gasteiger partial charge on any atom is -0.338 e. The summed E-state index contributed by atoms with van der Waals surface area (Å²) in [6, 6.07) is 21.3. The average molecular weight is 411 g/mol. The number of nitrogens with zero attached hydrogens (tertiary/aromatic N) is 2. The molecule has 1 aromatic heterocycles. The number of sulfonamides is 1. The van der Waals surface area contributed by atoms with Crippen LogP contribution in [0.25, 0.3) is 22.0 Å². The molecule has 4 rings (SSSR count). The molecule has 28 heavy (non-hydrogen) atoms. The molecule has 0 radical (unpaired) electrons. The average Bonchev–Trinajstić information content (AvgIpc) is 2.69. The first-order chi connectivity index (χ1) is 13.4. The normalized spacial score (nSPS) is 11.5. The Balaban J connectivity index is 1.80. The Hall–Kier alpha value is -3.00. The van der Waals surface area contributed by atoms with Gasteiger partial charge in [0.05, 0.1) is 4.90 Å². The molecule has 3 aromatic carbocycles. The molecule has 0 bridgehead atoms. The van der Waals surface area contributed by atoms with Gasteiger partial charge in [0.1, 0.15) is 5.69 Å². The van der Waals surface area contributed by atoms with Gasteiger partial charge in [-0.15, -0.1) is 10.2 Å². The second kappa shape index (κ2) is 7.20. The quantitative estimate of drug-likeness (QED) is 0.521. The van der Waals surface area contributed by atoms with Crippen LogP contribution in [-0.4, -0.2) is 18.6 Å². The predicted octanol–water partition coefficient (Wildman–Crippen LogP) is 4.34. The van der Waals surface area contributed by atoms with Gasteiger partial charge in [-0.1, -0.05) is 54.1 Å². The largest absolute Gasteiger partial charge is 0.338 e. The summed E-state index contributed by atoms with van der Waals surface area (Å²) in [7, 11) is -3.79. The fraction of sp³-hybridized carbons (Fsp3) is 0. The number of hydrogen-bond acceptors (Lipinski definition) is 5. The van der Waals surface area contributed by atoms with Gasteiger partial charge < -0.3 is 5.32 Å². The molecule has 0 aliphatic rings. The highest BCUT2D eigenvalue weighted by atomic mass is 35.5. The summed E-state index contributed by atoms with van der Waals surface area (Å²) in [5, 5.41) is 19.4. The van der Waals surface area contributed by atoms with Crippen LogP contribution in [0, 0.1) is 0 Å². The second-order valence-corrected chi connectivity index (χ2v) is 8.15. The monoisotopic (exact) mass is 410 g/mol. The number of nitrogens with two attached hydrogens (primary N) is 1. The number of aromatic nitrogens is 2. The van der Waals surface area contributed by atoms with Crippen molar-refractivity contribution in [2.75, 3.05) is 5.32 Å². The number of anilines is 2. The second-order valence-electron chi connectivity index (χ2n) is 6.15. The van der Waals surface area contributed by atoms with Crippen molar-refractivity contribution in [2.45, 2.75) is 4.90 Å². The zero-order chi connectivity index (χ0) is 19.7. The van der Waals surface area contributed by atoms with Gasteiger partial charge in [-0.25, -0.2) is 13.6 Å². The van der Waals surface area contributed by atoms with Crippen molar-refractivity contribution in [3.05, 3.63) is 77.8 Å². The lowest BCUT2D eigenvalue weighted by Gasteiger charge is -2.12. The van der Waals surface area contributed by atoms with Gasteiger partial charge in [0.15, 0.2) is 5.82 Å². The van der Waals surface area contributed by atoms with Crippen LogP contribution in [0.1, 0.15) is 0 Å². The van der Waals surface area contributed by atoms with Crippen LogP contribution in [-0.2, 0) is 10.0 Å². The van der Waals surface area contributed by atoms with E-state index in [9.17, 15) is 8.42 Å². The molecule has 4 aromatic rings. The first-order valence-corrected chi connectivity index (χ1v) is 10.3. The van der Waals surface area contributed by atoms with E-state index in [1.807, 2.05) is 36.4 Å². The molecule has 8 heteroatoms. The number of fused-ring (bicyclic) bond motifs is 1. The molecule has 0 amide bonds. The van der Waals surface area contributed by atoms with Crippen LogP contribution < -0.4 is 10.5 Å². The van der Waals surface area contributed by atoms with Crippen molar-refractivity contribution in [1.82, 2.24) is 10.2 Å². The SMILES string of the molecule is NS(=O)(=O)c1cccc(Nc2nnc(-c3ccc(Cl)cc3)c3ccccc23)c1. The number of rotatable bonds is 4. The summed E-state index contributed by atoms with van der Waals surface area (Å²) in [6.45, 7) is 0. The minimum absolute atomic E-state index is 0.0209. The van der Waals surface area contributed by atoms with E-state index in [0.717, 1.165) is 22.0 Å². The van der Waals surface area contributed by atoms with Crippen molar-refractivity contribution in [3.8, 4) is 11.3 Å². The van der Waals surface area contributed by atoms with Gasteiger partial charge in [0.25, 0.3) is 0 Å². The smallest absolute Gasteiger partial charge is 0.238 e. The molecular formula is C20H15ClN4O2S. The maximum Gasteiger partial charge on any atom is 0.238 e. The van der Waals surface area contributed by atoms with Crippen molar-refractivity contribution < 1.29 is 8.42 Å². The number of hydrogen-bond donors (Lipinski definition) is 2. The lowest BCUT2D eigenvalue weighted by molar-refractivity contribution is 0.598. The molecule has 0 saturated heterocycles. The van der Waals surface area contributed by atoms with Crippen LogP contribution in [0.4, 0.5) is 11.5 Å². The van der Waals surface area contributed by atoms with Gasteiger partial charge in [0.2, 0.25) is 10.0 Å². The summed E-state index contributed by atoms with van der Waals surface area (Å²) >= 11 is 5.98. The van der Waals surface area contributed by atoms with Gasteiger partial charge >= 0.3 is 0 Å². The van der Waals surface area contributed by atoms with Crippen LogP contribution >= 0.6 is 11.6 Å². The van der Waals surface area contributed by atoms with Crippen LogP contribution in [0.3, 0.4) is 0 Å². The van der Waals surface area contributed by atoms with Crippen LogP contribution in [0.2, 0.25) is 5.02 Å². The molecule has 0 spiro atoms. The Bertz CT molecular complexity index is 1280. The topological polar surface area (TPSA) is 98.0 Å². The van der Waals surface area contributed by atoms with Crippen molar-refractivity contribution >= 4 is 43.9 Å². The highest BCUT2D eigenvalue weighted by Crippen LogP contribution is 2.31. The van der Waals surface area contributed by atoms with Crippen LogP contribution in [0.5, 0.6) is 0 Å². The predicted molar refractivity (Wildman–Crippen MR) is 111 cm³/mol. The minimum atomic E-state index is -3.79. The summed E-state index contributed by atoms with van der Waals surface area (Å²) in [5.74, 6) is 0.514. The maximum atomic E-state index is 11.6. The fourth-order valence-electron chi connectivity index (χ4n) is 2.90. The molecule has 0 atom stereocenters. The Labute approximate surface area is 167 Å². The molecule has 0 saturated carbocycles. The first kappa shape index (κ1) is 18.4. The molecule has 0 aliphatic heterocycles. The van der Waals surface area contributed by atoms with Gasteiger partial charge in [-0.2, -0.15) is 0 Å². The summed E-state index contributed by atoms with van der Waals surface area (Å²) in [4.78, 5) is 0.0209. The van der Waals surface area contributed by atoms with Gasteiger partial charge in [-0.05, 0) is 30.3 Å². The Morgan fingerprint density at radius 3 is 2.29 bits per heavy atom. The van der Waals surface area contributed by atoms with Crippen molar-refractivity contribution in [1.29, 1.82) is 0 Å². The van der Waals surface area contributed by atoms with E-state index in [1.54, 1.807) is 24.3 Å². The number of nitrogens with one attached hydrogen (secondary N) is 1. The van der Waals surface area contributed by atoms with E-state index < -0.39 is 10.0 Å². The molecule has 140 valence electrons. The highest BCUT2D eigenvalue weighted by molar-refractivity contribution is 7.89. The third kappa shape index (κ3) is 3.68. The Morgan fingerprint density at radius 2 is 1.57 bits per heavy atom. The standard InChI is InChI=1S/C20H15ClN4O2S/c21-14-10-8-13(9-11-14)19-17-6-1-2-7-18(17)20(25-24-19)23-15-4-3-5-16(12-15)28(22,26)27/h1-12H,(H,23,25)(H2,22,26,27). The van der Waals surface area contributed by atoms with Crippen molar-refractivity contribution in [3.63, 3.8) is 0 Å². The van der Waals surface area contributed by atoms with E-state index in [-0.39, 0.29) is 4.90 Å². The third-order valence-corrected chi connectivity index (χ3v) is 5.39. The molecule has 3 N–H and O–H groups in total. The molecule has 0 unspecified atom stereocenters. The molecule has 6 nitrogen and oxygen atoms in total. The van der Waals surface area contributed by atoms with Crippen LogP contribution in [0.15, 0.2) is 77.7 Å². The van der Waals surface area contributed by atoms with Gasteiger partial charge in [0, 0.05) is 27.0 Å². The number of primary sulfonamides is 1. The molecule has 0 fully saturated rings. The first-order valence-electron chi connectivity index (χ1n) is 8.33. The summed E-state index contributed by atoms with van der Waals surface area (Å²) in [5.41, 5.74) is 2.18. The lowest BCUT2D eigenvalue weighted by atomic mass is 10.0.